The smallest absolute Gasteiger partial charge is 0.311 e. The molecule has 5 heteroatoms. The van der Waals surface area contributed by atoms with Crippen LogP contribution in [0.2, 0.25) is 0 Å². The van der Waals surface area contributed by atoms with Gasteiger partial charge in [0.15, 0.2) is 0 Å². The molecule has 0 aromatic heterocycles. The average molecular weight is 257 g/mol. The van der Waals surface area contributed by atoms with E-state index < -0.39 is 11.4 Å². The standard InChI is InChI=1S/C13H23NO4/c1-3-8-18-9-11(15)14-7-5-6-13(4-2,10-14)12(16)17/h3-10H2,1-2H3,(H,16,17). The van der Waals surface area contributed by atoms with E-state index in [1.54, 1.807) is 4.90 Å². The fraction of sp³-hybridized carbons (Fsp3) is 0.846. The van der Waals surface area contributed by atoms with Crippen molar-refractivity contribution >= 4 is 11.9 Å². The molecule has 104 valence electrons. The highest BCUT2D eigenvalue weighted by Gasteiger charge is 2.41. The summed E-state index contributed by atoms with van der Waals surface area (Å²) in [6, 6.07) is 0. The van der Waals surface area contributed by atoms with E-state index in [4.69, 9.17) is 4.74 Å². The van der Waals surface area contributed by atoms with Crippen LogP contribution < -0.4 is 0 Å². The monoisotopic (exact) mass is 257 g/mol. The fourth-order valence-electron chi connectivity index (χ4n) is 2.35. The van der Waals surface area contributed by atoms with Crippen molar-refractivity contribution in [2.24, 2.45) is 5.41 Å². The van der Waals surface area contributed by atoms with Crippen LogP contribution in [0.5, 0.6) is 0 Å². The molecule has 0 radical (unpaired) electrons. The summed E-state index contributed by atoms with van der Waals surface area (Å²) in [4.78, 5) is 24.9. The molecule has 1 saturated heterocycles. The summed E-state index contributed by atoms with van der Waals surface area (Å²) >= 11 is 0. The number of rotatable bonds is 6. The van der Waals surface area contributed by atoms with E-state index in [9.17, 15) is 14.7 Å². The van der Waals surface area contributed by atoms with E-state index in [-0.39, 0.29) is 12.5 Å². The number of likely N-dealkylation sites (tertiary alicyclic amines) is 1. The first-order chi connectivity index (χ1) is 8.55. The fourth-order valence-corrected chi connectivity index (χ4v) is 2.35. The molecule has 1 atom stereocenters. The van der Waals surface area contributed by atoms with Crippen molar-refractivity contribution < 1.29 is 19.4 Å². The molecule has 1 heterocycles. The molecule has 0 aromatic rings. The van der Waals surface area contributed by atoms with Crippen LogP contribution in [0.3, 0.4) is 0 Å². The predicted molar refractivity (Wildman–Crippen MR) is 67.3 cm³/mol. The maximum Gasteiger partial charge on any atom is 0.311 e. The highest BCUT2D eigenvalue weighted by atomic mass is 16.5. The SMILES string of the molecule is CCCOCC(=O)N1CCCC(CC)(C(=O)O)C1. The molecular formula is C13H23NO4. The Morgan fingerprint density at radius 3 is 2.67 bits per heavy atom. The van der Waals surface area contributed by atoms with Gasteiger partial charge in [-0.3, -0.25) is 9.59 Å². The average Bonchev–Trinajstić information content (AvgIpc) is 2.38. The molecular weight excluding hydrogens is 234 g/mol. The largest absolute Gasteiger partial charge is 0.481 e. The molecule has 1 amide bonds. The summed E-state index contributed by atoms with van der Waals surface area (Å²) in [5.74, 6) is -0.890. The number of piperidine rings is 1. The van der Waals surface area contributed by atoms with Gasteiger partial charge in [0, 0.05) is 19.7 Å². The van der Waals surface area contributed by atoms with E-state index in [2.05, 4.69) is 0 Å². The minimum absolute atomic E-state index is 0.0628. The number of hydrogen-bond donors (Lipinski definition) is 1. The van der Waals surface area contributed by atoms with Crippen LogP contribution in [0.1, 0.15) is 39.5 Å². The van der Waals surface area contributed by atoms with Crippen molar-refractivity contribution in [2.45, 2.75) is 39.5 Å². The molecule has 0 bridgehead atoms. The number of amides is 1. The molecule has 1 aliphatic rings. The molecule has 0 aliphatic carbocycles. The Morgan fingerprint density at radius 1 is 1.39 bits per heavy atom. The van der Waals surface area contributed by atoms with Crippen molar-refractivity contribution in [3.8, 4) is 0 Å². The van der Waals surface area contributed by atoms with Crippen LogP contribution in [-0.2, 0) is 14.3 Å². The molecule has 18 heavy (non-hydrogen) atoms. The summed E-state index contributed by atoms with van der Waals surface area (Å²) in [5.41, 5.74) is -0.765. The number of carbonyl (C=O) groups is 2. The summed E-state index contributed by atoms with van der Waals surface area (Å²) in [6.45, 7) is 5.44. The van der Waals surface area contributed by atoms with Gasteiger partial charge in [0.05, 0.1) is 5.41 Å². The van der Waals surface area contributed by atoms with Gasteiger partial charge in [-0.15, -0.1) is 0 Å². The number of ether oxygens (including phenoxy) is 1. The number of hydrogen-bond acceptors (Lipinski definition) is 3. The second-order valence-electron chi connectivity index (χ2n) is 4.91. The summed E-state index contributed by atoms with van der Waals surface area (Å²) in [6.07, 6.45) is 2.83. The molecule has 0 spiro atoms. The third-order valence-corrected chi connectivity index (χ3v) is 3.63. The number of carbonyl (C=O) groups excluding carboxylic acids is 1. The van der Waals surface area contributed by atoms with E-state index in [1.807, 2.05) is 13.8 Å². The zero-order valence-corrected chi connectivity index (χ0v) is 11.3. The van der Waals surface area contributed by atoms with Crippen LogP contribution >= 0.6 is 0 Å². The van der Waals surface area contributed by atoms with Crippen molar-refractivity contribution in [3.05, 3.63) is 0 Å². The van der Waals surface area contributed by atoms with E-state index in [0.29, 0.717) is 32.5 Å². The van der Waals surface area contributed by atoms with Crippen molar-refractivity contribution in [1.82, 2.24) is 4.90 Å². The lowest BCUT2D eigenvalue weighted by molar-refractivity contribution is -0.156. The summed E-state index contributed by atoms with van der Waals surface area (Å²) in [7, 11) is 0. The first-order valence-corrected chi connectivity index (χ1v) is 6.64. The Hall–Kier alpha value is -1.10. The zero-order chi connectivity index (χ0) is 13.6. The van der Waals surface area contributed by atoms with Gasteiger partial charge in [-0.2, -0.15) is 0 Å². The first kappa shape index (κ1) is 15.0. The normalized spacial score (nSPS) is 24.0. The summed E-state index contributed by atoms with van der Waals surface area (Å²) < 4.78 is 5.22. The number of nitrogens with zero attached hydrogens (tertiary/aromatic N) is 1. The lowest BCUT2D eigenvalue weighted by Gasteiger charge is -2.39. The zero-order valence-electron chi connectivity index (χ0n) is 11.3. The molecule has 1 rings (SSSR count). The minimum Gasteiger partial charge on any atom is -0.481 e. The van der Waals surface area contributed by atoms with Crippen LogP contribution in [0.15, 0.2) is 0 Å². The first-order valence-electron chi connectivity index (χ1n) is 6.64. The Kier molecular flexibility index (Phi) is 5.59. The van der Waals surface area contributed by atoms with Crippen LogP contribution in [-0.4, -0.2) is 48.2 Å². The molecule has 1 fully saturated rings. The Bertz CT molecular complexity index is 305. The van der Waals surface area contributed by atoms with Gasteiger partial charge in [-0.25, -0.2) is 0 Å². The Morgan fingerprint density at radius 2 is 2.11 bits per heavy atom. The van der Waals surface area contributed by atoms with Crippen molar-refractivity contribution in [3.63, 3.8) is 0 Å². The lowest BCUT2D eigenvalue weighted by atomic mass is 9.77. The third-order valence-electron chi connectivity index (χ3n) is 3.63. The maximum absolute atomic E-state index is 11.9. The van der Waals surface area contributed by atoms with E-state index in [0.717, 1.165) is 12.8 Å². The van der Waals surface area contributed by atoms with Crippen LogP contribution in [0.4, 0.5) is 0 Å². The van der Waals surface area contributed by atoms with Gasteiger partial charge in [-0.1, -0.05) is 13.8 Å². The Labute approximate surface area is 108 Å². The van der Waals surface area contributed by atoms with Gasteiger partial charge in [0.2, 0.25) is 5.91 Å². The molecule has 5 nitrogen and oxygen atoms in total. The molecule has 0 aromatic carbocycles. The van der Waals surface area contributed by atoms with Crippen molar-refractivity contribution in [1.29, 1.82) is 0 Å². The predicted octanol–water partition coefficient (Wildman–Crippen LogP) is 1.52. The number of carboxylic acid groups (broad SMARTS) is 1. The summed E-state index contributed by atoms with van der Waals surface area (Å²) in [5, 5.41) is 9.33. The second kappa shape index (κ2) is 6.73. The van der Waals surface area contributed by atoms with E-state index in [1.165, 1.54) is 0 Å². The van der Waals surface area contributed by atoms with Gasteiger partial charge >= 0.3 is 5.97 Å². The van der Waals surface area contributed by atoms with Gasteiger partial charge in [0.1, 0.15) is 6.61 Å². The highest BCUT2D eigenvalue weighted by molar-refractivity contribution is 5.80. The van der Waals surface area contributed by atoms with Crippen LogP contribution in [0.25, 0.3) is 0 Å². The topological polar surface area (TPSA) is 66.8 Å². The molecule has 0 saturated carbocycles. The van der Waals surface area contributed by atoms with Crippen molar-refractivity contribution in [2.75, 3.05) is 26.3 Å². The highest BCUT2D eigenvalue weighted by Crippen LogP contribution is 2.33. The van der Waals surface area contributed by atoms with Crippen LogP contribution in [0, 0.1) is 5.41 Å². The third kappa shape index (κ3) is 3.45. The van der Waals surface area contributed by atoms with Gasteiger partial charge in [-0.05, 0) is 25.7 Å². The second-order valence-corrected chi connectivity index (χ2v) is 4.91. The maximum atomic E-state index is 11.9. The quantitative estimate of drug-likeness (QED) is 0.732. The minimum atomic E-state index is -0.794. The van der Waals surface area contributed by atoms with Gasteiger partial charge in [0.25, 0.3) is 0 Å². The lowest BCUT2D eigenvalue weighted by Crippen LogP contribution is -2.50. The molecule has 1 unspecified atom stereocenters. The number of carboxylic acids is 1. The molecule has 1 aliphatic heterocycles. The van der Waals surface area contributed by atoms with E-state index >= 15 is 0 Å². The molecule has 1 N–H and O–H groups in total. The number of aliphatic carboxylic acids is 1. The Balaban J connectivity index is 2.57. The van der Waals surface area contributed by atoms with Gasteiger partial charge < -0.3 is 14.7 Å².